The van der Waals surface area contributed by atoms with Crippen molar-refractivity contribution in [3.63, 3.8) is 0 Å². The minimum atomic E-state index is -3.74. The number of nitrogens with zero attached hydrogens (tertiary/aromatic N) is 1. The van der Waals surface area contributed by atoms with Gasteiger partial charge in [0.1, 0.15) is 0 Å². The summed E-state index contributed by atoms with van der Waals surface area (Å²) in [5.74, 6) is 0. The standard InChI is InChI=1S/C12H12ClN3O2S/c1-8-9(14)4-2-6-11(8)19(17,18)16-10-5-3-7-15-12(10)13/h2-7,16H,14H2,1H3. The number of nitrogens with one attached hydrogen (secondary N) is 1. The van der Waals surface area contributed by atoms with Crippen molar-refractivity contribution in [3.05, 3.63) is 47.2 Å². The Morgan fingerprint density at radius 3 is 2.68 bits per heavy atom. The Morgan fingerprint density at radius 2 is 2.00 bits per heavy atom. The van der Waals surface area contributed by atoms with Gasteiger partial charge in [0.25, 0.3) is 10.0 Å². The smallest absolute Gasteiger partial charge is 0.262 e. The summed E-state index contributed by atoms with van der Waals surface area (Å²) in [6.07, 6.45) is 1.48. The first-order valence-electron chi connectivity index (χ1n) is 5.40. The van der Waals surface area contributed by atoms with E-state index in [0.717, 1.165) is 0 Å². The summed E-state index contributed by atoms with van der Waals surface area (Å²) in [4.78, 5) is 3.93. The van der Waals surface area contributed by atoms with Crippen LogP contribution in [0.15, 0.2) is 41.4 Å². The Kier molecular flexibility index (Phi) is 3.64. The molecule has 0 radical (unpaired) electrons. The second-order valence-corrected chi connectivity index (χ2v) is 5.93. The van der Waals surface area contributed by atoms with Crippen LogP contribution >= 0.6 is 11.6 Å². The third-order valence-corrected chi connectivity index (χ3v) is 4.43. The highest BCUT2D eigenvalue weighted by Gasteiger charge is 2.19. The van der Waals surface area contributed by atoms with Crippen molar-refractivity contribution < 1.29 is 8.42 Å². The van der Waals surface area contributed by atoms with Crippen LogP contribution < -0.4 is 10.5 Å². The van der Waals surface area contributed by atoms with Gasteiger partial charge in [0.2, 0.25) is 0 Å². The van der Waals surface area contributed by atoms with Crippen LogP contribution in [0, 0.1) is 6.92 Å². The van der Waals surface area contributed by atoms with Crippen molar-refractivity contribution >= 4 is 33.0 Å². The first kappa shape index (κ1) is 13.6. The van der Waals surface area contributed by atoms with Gasteiger partial charge in [-0.2, -0.15) is 0 Å². The lowest BCUT2D eigenvalue weighted by Crippen LogP contribution is -2.15. The van der Waals surface area contributed by atoms with E-state index < -0.39 is 10.0 Å². The number of hydrogen-bond donors (Lipinski definition) is 2. The highest BCUT2D eigenvalue weighted by Crippen LogP contribution is 2.25. The van der Waals surface area contributed by atoms with E-state index in [1.807, 2.05) is 0 Å². The number of halogens is 1. The maximum Gasteiger partial charge on any atom is 0.262 e. The Hall–Kier alpha value is -1.79. The van der Waals surface area contributed by atoms with Gasteiger partial charge in [0, 0.05) is 11.9 Å². The first-order valence-corrected chi connectivity index (χ1v) is 7.26. The number of sulfonamides is 1. The molecule has 0 aliphatic rings. The monoisotopic (exact) mass is 297 g/mol. The molecule has 0 spiro atoms. The normalized spacial score (nSPS) is 11.3. The molecule has 7 heteroatoms. The van der Waals surface area contributed by atoms with Gasteiger partial charge in [0.15, 0.2) is 5.15 Å². The third kappa shape index (κ3) is 2.80. The number of rotatable bonds is 3. The predicted octanol–water partition coefficient (Wildman–Crippen LogP) is 2.43. The summed E-state index contributed by atoms with van der Waals surface area (Å²) in [5.41, 5.74) is 6.85. The minimum Gasteiger partial charge on any atom is -0.398 e. The maximum absolute atomic E-state index is 12.3. The Morgan fingerprint density at radius 1 is 1.26 bits per heavy atom. The van der Waals surface area contributed by atoms with Gasteiger partial charge < -0.3 is 5.73 Å². The van der Waals surface area contributed by atoms with E-state index in [9.17, 15) is 8.42 Å². The Balaban J connectivity index is 2.44. The van der Waals surface area contributed by atoms with Gasteiger partial charge in [0.05, 0.1) is 10.6 Å². The molecule has 0 bridgehead atoms. The molecule has 0 fully saturated rings. The van der Waals surface area contributed by atoms with Crippen molar-refractivity contribution in [1.29, 1.82) is 0 Å². The second kappa shape index (κ2) is 5.07. The SMILES string of the molecule is Cc1c(N)cccc1S(=O)(=O)Nc1cccnc1Cl. The van der Waals surface area contributed by atoms with Crippen LogP contribution in [0.2, 0.25) is 5.15 Å². The van der Waals surface area contributed by atoms with E-state index in [1.165, 1.54) is 18.3 Å². The summed E-state index contributed by atoms with van der Waals surface area (Å²) in [6, 6.07) is 7.84. The highest BCUT2D eigenvalue weighted by molar-refractivity contribution is 7.92. The number of anilines is 2. The van der Waals surface area contributed by atoms with E-state index in [-0.39, 0.29) is 15.7 Å². The second-order valence-electron chi connectivity index (χ2n) is 3.92. The molecule has 0 unspecified atom stereocenters. The number of benzene rings is 1. The lowest BCUT2D eigenvalue weighted by atomic mass is 10.2. The van der Waals surface area contributed by atoms with Crippen LogP contribution in [0.1, 0.15) is 5.56 Å². The minimum absolute atomic E-state index is 0.0904. The number of nitrogen functional groups attached to an aromatic ring is 1. The molecule has 19 heavy (non-hydrogen) atoms. The number of pyridine rings is 1. The number of aromatic nitrogens is 1. The summed E-state index contributed by atoms with van der Waals surface area (Å²) >= 11 is 5.83. The van der Waals surface area contributed by atoms with E-state index in [2.05, 4.69) is 9.71 Å². The van der Waals surface area contributed by atoms with Gasteiger partial charge in [-0.1, -0.05) is 17.7 Å². The molecule has 2 aromatic rings. The molecule has 1 aromatic heterocycles. The van der Waals surface area contributed by atoms with Crippen molar-refractivity contribution in [3.8, 4) is 0 Å². The zero-order chi connectivity index (χ0) is 14.0. The lowest BCUT2D eigenvalue weighted by Gasteiger charge is -2.12. The predicted molar refractivity (Wildman–Crippen MR) is 75.6 cm³/mol. The van der Waals surface area contributed by atoms with Crippen LogP contribution in [0.25, 0.3) is 0 Å². The fourth-order valence-electron chi connectivity index (χ4n) is 1.58. The van der Waals surface area contributed by atoms with Crippen molar-refractivity contribution in [2.75, 3.05) is 10.5 Å². The van der Waals surface area contributed by atoms with Gasteiger partial charge in [-0.3, -0.25) is 4.72 Å². The van der Waals surface area contributed by atoms with Gasteiger partial charge in [-0.05, 0) is 36.8 Å². The van der Waals surface area contributed by atoms with Gasteiger partial charge in [-0.25, -0.2) is 13.4 Å². The van der Waals surface area contributed by atoms with Crippen LogP contribution in [-0.2, 0) is 10.0 Å². The summed E-state index contributed by atoms with van der Waals surface area (Å²) in [6.45, 7) is 1.65. The maximum atomic E-state index is 12.3. The zero-order valence-electron chi connectivity index (χ0n) is 10.1. The molecular formula is C12H12ClN3O2S. The van der Waals surface area contributed by atoms with Crippen LogP contribution in [0.5, 0.6) is 0 Å². The van der Waals surface area contributed by atoms with E-state index >= 15 is 0 Å². The number of hydrogen-bond acceptors (Lipinski definition) is 4. The lowest BCUT2D eigenvalue weighted by molar-refractivity contribution is 0.600. The molecule has 0 aliphatic carbocycles. The van der Waals surface area contributed by atoms with Crippen molar-refractivity contribution in [2.24, 2.45) is 0 Å². The summed E-state index contributed by atoms with van der Waals surface area (Å²) < 4.78 is 26.9. The van der Waals surface area contributed by atoms with Crippen LogP contribution in [-0.4, -0.2) is 13.4 Å². The molecule has 5 nitrogen and oxygen atoms in total. The van der Waals surface area contributed by atoms with Crippen LogP contribution in [0.3, 0.4) is 0 Å². The van der Waals surface area contributed by atoms with Crippen molar-refractivity contribution in [1.82, 2.24) is 4.98 Å². The highest BCUT2D eigenvalue weighted by atomic mass is 35.5. The third-order valence-electron chi connectivity index (χ3n) is 2.62. The molecule has 0 saturated heterocycles. The fraction of sp³-hybridized carbons (Fsp3) is 0.0833. The van der Waals surface area contributed by atoms with E-state index in [1.54, 1.807) is 25.1 Å². The summed E-state index contributed by atoms with van der Waals surface area (Å²) in [5, 5.41) is 0.0904. The van der Waals surface area contributed by atoms with Gasteiger partial charge >= 0.3 is 0 Å². The molecule has 100 valence electrons. The Labute approximate surface area is 116 Å². The van der Waals surface area contributed by atoms with E-state index in [0.29, 0.717) is 11.3 Å². The molecule has 3 N–H and O–H groups in total. The topological polar surface area (TPSA) is 85.1 Å². The molecular weight excluding hydrogens is 286 g/mol. The molecule has 1 heterocycles. The Bertz CT molecular complexity index is 717. The fourth-order valence-corrected chi connectivity index (χ4v) is 3.15. The first-order chi connectivity index (χ1) is 8.92. The van der Waals surface area contributed by atoms with E-state index in [4.69, 9.17) is 17.3 Å². The average Bonchev–Trinajstić information content (AvgIpc) is 2.35. The molecule has 0 amide bonds. The number of nitrogens with two attached hydrogens (primary N) is 1. The molecule has 0 atom stereocenters. The van der Waals surface area contributed by atoms with Crippen LogP contribution in [0.4, 0.5) is 11.4 Å². The zero-order valence-corrected chi connectivity index (χ0v) is 11.7. The quantitative estimate of drug-likeness (QED) is 0.673. The van der Waals surface area contributed by atoms with Crippen molar-refractivity contribution in [2.45, 2.75) is 11.8 Å². The molecule has 0 aliphatic heterocycles. The largest absolute Gasteiger partial charge is 0.398 e. The molecule has 2 rings (SSSR count). The average molecular weight is 298 g/mol. The summed E-state index contributed by atoms with van der Waals surface area (Å²) in [7, 11) is -3.74. The molecule has 1 aromatic carbocycles. The molecule has 0 saturated carbocycles. The van der Waals surface area contributed by atoms with Gasteiger partial charge in [-0.15, -0.1) is 0 Å².